The molecule has 1 unspecified atom stereocenters. The quantitative estimate of drug-likeness (QED) is 0.846. The van der Waals surface area contributed by atoms with Crippen molar-refractivity contribution in [3.8, 4) is 0 Å². The zero-order valence-electron chi connectivity index (χ0n) is 11.1. The van der Waals surface area contributed by atoms with Crippen molar-refractivity contribution in [1.29, 1.82) is 0 Å². The molecule has 1 fully saturated rings. The molecule has 0 aromatic heterocycles. The molecule has 102 valence electrons. The fourth-order valence-corrected chi connectivity index (χ4v) is 2.49. The molecule has 0 spiro atoms. The number of carbonyl (C=O) groups excluding carboxylic acids is 2. The van der Waals surface area contributed by atoms with Crippen molar-refractivity contribution in [2.75, 3.05) is 18.0 Å². The van der Waals surface area contributed by atoms with E-state index in [0.29, 0.717) is 24.3 Å². The molecule has 1 amide bonds. The molecule has 0 bridgehead atoms. The number of anilines is 1. The Morgan fingerprint density at radius 1 is 1.37 bits per heavy atom. The Morgan fingerprint density at radius 2 is 2.11 bits per heavy atom. The normalized spacial score (nSPS) is 18.5. The minimum atomic E-state index is -0.392. The van der Waals surface area contributed by atoms with E-state index in [-0.39, 0.29) is 17.7 Å². The van der Waals surface area contributed by atoms with Gasteiger partial charge in [-0.2, -0.15) is 0 Å². The summed E-state index contributed by atoms with van der Waals surface area (Å²) in [5.74, 6) is -0.638. The predicted molar refractivity (Wildman–Crippen MR) is 70.8 cm³/mol. The molecule has 1 atom stereocenters. The first-order chi connectivity index (χ1) is 8.99. The molecule has 1 aliphatic rings. The average molecular weight is 264 g/mol. The lowest BCUT2D eigenvalue weighted by atomic mass is 10.1. The van der Waals surface area contributed by atoms with Crippen LogP contribution in [0.5, 0.6) is 0 Å². The number of carbonyl (C=O) groups is 2. The minimum absolute atomic E-state index is 0.0110. The summed E-state index contributed by atoms with van der Waals surface area (Å²) in [5, 5.41) is 2.82. The maximum absolute atomic E-state index is 14.0. The summed E-state index contributed by atoms with van der Waals surface area (Å²) in [6, 6.07) is 4.54. The van der Waals surface area contributed by atoms with Gasteiger partial charge in [0.1, 0.15) is 5.82 Å². The summed E-state index contributed by atoms with van der Waals surface area (Å²) in [4.78, 5) is 24.4. The number of nitrogens with zero attached hydrogens (tertiary/aromatic N) is 1. The second kappa shape index (κ2) is 5.38. The lowest BCUT2D eigenvalue weighted by Crippen LogP contribution is -2.36. The third kappa shape index (κ3) is 2.92. The number of benzene rings is 1. The summed E-state index contributed by atoms with van der Waals surface area (Å²) >= 11 is 0. The number of hydrogen-bond acceptors (Lipinski definition) is 3. The van der Waals surface area contributed by atoms with Gasteiger partial charge in [0.15, 0.2) is 5.78 Å². The van der Waals surface area contributed by atoms with Gasteiger partial charge in [-0.05, 0) is 25.5 Å². The van der Waals surface area contributed by atoms with Crippen molar-refractivity contribution in [1.82, 2.24) is 5.32 Å². The van der Waals surface area contributed by atoms with Crippen LogP contribution >= 0.6 is 0 Å². The number of rotatable bonds is 3. The van der Waals surface area contributed by atoms with Crippen LogP contribution < -0.4 is 10.2 Å². The first kappa shape index (κ1) is 13.5. The third-order valence-corrected chi connectivity index (χ3v) is 3.28. The van der Waals surface area contributed by atoms with Gasteiger partial charge in [-0.1, -0.05) is 6.07 Å². The summed E-state index contributed by atoms with van der Waals surface area (Å²) in [5.41, 5.74) is 0.742. The van der Waals surface area contributed by atoms with E-state index in [1.54, 1.807) is 6.07 Å². The largest absolute Gasteiger partial charge is 0.366 e. The zero-order valence-corrected chi connectivity index (χ0v) is 11.1. The molecule has 0 radical (unpaired) electrons. The molecule has 1 aromatic rings. The predicted octanol–water partition coefficient (Wildman–Crippen LogP) is 1.74. The number of nitrogens with one attached hydrogen (secondary N) is 1. The van der Waals surface area contributed by atoms with E-state index in [2.05, 4.69) is 5.32 Å². The van der Waals surface area contributed by atoms with Gasteiger partial charge >= 0.3 is 0 Å². The molecule has 1 heterocycles. The highest BCUT2D eigenvalue weighted by Crippen LogP contribution is 2.28. The molecular weight excluding hydrogens is 247 g/mol. The highest BCUT2D eigenvalue weighted by Gasteiger charge is 2.27. The smallest absolute Gasteiger partial charge is 0.217 e. The molecule has 1 saturated heterocycles. The standard InChI is InChI=1S/C14H17FN2O2/c1-9(18)12-4-3-5-13(15)14(12)17-7-6-11(8-17)16-10(2)19/h3-5,11H,6-8H2,1-2H3,(H,16,19). The molecule has 1 N–H and O–H groups in total. The van der Waals surface area contributed by atoms with Crippen LogP contribution in [0.3, 0.4) is 0 Å². The van der Waals surface area contributed by atoms with Gasteiger partial charge in [0, 0.05) is 31.6 Å². The van der Waals surface area contributed by atoms with Crippen LogP contribution in [-0.2, 0) is 4.79 Å². The second-order valence-electron chi connectivity index (χ2n) is 4.82. The molecule has 1 aliphatic heterocycles. The molecule has 2 rings (SSSR count). The average Bonchev–Trinajstić information content (AvgIpc) is 2.75. The highest BCUT2D eigenvalue weighted by molar-refractivity contribution is 5.99. The van der Waals surface area contributed by atoms with E-state index < -0.39 is 5.82 Å². The molecule has 19 heavy (non-hydrogen) atoms. The van der Waals surface area contributed by atoms with Crippen molar-refractivity contribution in [3.05, 3.63) is 29.6 Å². The van der Waals surface area contributed by atoms with E-state index in [0.717, 1.165) is 6.42 Å². The Bertz CT molecular complexity index is 516. The van der Waals surface area contributed by atoms with Crippen LogP contribution in [0.25, 0.3) is 0 Å². The van der Waals surface area contributed by atoms with E-state index in [1.165, 1.54) is 26.0 Å². The van der Waals surface area contributed by atoms with Gasteiger partial charge in [-0.3, -0.25) is 9.59 Å². The third-order valence-electron chi connectivity index (χ3n) is 3.28. The Kier molecular flexibility index (Phi) is 3.83. The van der Waals surface area contributed by atoms with E-state index in [1.807, 2.05) is 4.90 Å². The van der Waals surface area contributed by atoms with Crippen LogP contribution in [0.1, 0.15) is 30.6 Å². The number of amides is 1. The number of Topliss-reactive ketones (excluding diaryl/α,β-unsaturated/α-hetero) is 1. The molecule has 0 saturated carbocycles. The number of ketones is 1. The number of halogens is 1. The fraction of sp³-hybridized carbons (Fsp3) is 0.429. The lowest BCUT2D eigenvalue weighted by Gasteiger charge is -2.22. The molecule has 4 nitrogen and oxygen atoms in total. The van der Waals surface area contributed by atoms with Crippen LogP contribution in [0, 0.1) is 5.82 Å². The van der Waals surface area contributed by atoms with Gasteiger partial charge in [-0.25, -0.2) is 4.39 Å². The Labute approximate surface area is 111 Å². The van der Waals surface area contributed by atoms with E-state index in [9.17, 15) is 14.0 Å². The van der Waals surface area contributed by atoms with Crippen LogP contribution in [0.15, 0.2) is 18.2 Å². The van der Waals surface area contributed by atoms with Crippen molar-refractivity contribution < 1.29 is 14.0 Å². The topological polar surface area (TPSA) is 49.4 Å². The van der Waals surface area contributed by atoms with Crippen molar-refractivity contribution in [3.63, 3.8) is 0 Å². The summed E-state index contributed by atoms with van der Waals surface area (Å²) < 4.78 is 14.0. The maximum atomic E-state index is 14.0. The SMILES string of the molecule is CC(=O)NC1CCN(c2c(F)cccc2C(C)=O)C1. The number of para-hydroxylation sites is 1. The Balaban J connectivity index is 2.24. The van der Waals surface area contributed by atoms with Gasteiger partial charge in [0.25, 0.3) is 0 Å². The number of hydrogen-bond donors (Lipinski definition) is 1. The van der Waals surface area contributed by atoms with Gasteiger partial charge in [-0.15, -0.1) is 0 Å². The van der Waals surface area contributed by atoms with Crippen molar-refractivity contribution >= 4 is 17.4 Å². The van der Waals surface area contributed by atoms with Crippen LogP contribution in [0.2, 0.25) is 0 Å². The summed E-state index contributed by atoms with van der Waals surface area (Å²) in [7, 11) is 0. The minimum Gasteiger partial charge on any atom is -0.366 e. The zero-order chi connectivity index (χ0) is 14.0. The first-order valence-corrected chi connectivity index (χ1v) is 6.30. The van der Waals surface area contributed by atoms with Crippen molar-refractivity contribution in [2.45, 2.75) is 26.3 Å². The van der Waals surface area contributed by atoms with Gasteiger partial charge in [0.05, 0.1) is 5.69 Å². The summed E-state index contributed by atoms with van der Waals surface area (Å²) in [6.45, 7) is 4.05. The second-order valence-corrected chi connectivity index (χ2v) is 4.82. The van der Waals surface area contributed by atoms with Crippen molar-refractivity contribution in [2.24, 2.45) is 0 Å². The molecule has 5 heteroatoms. The fourth-order valence-electron chi connectivity index (χ4n) is 2.49. The molecule has 0 aliphatic carbocycles. The summed E-state index contributed by atoms with van der Waals surface area (Å²) in [6.07, 6.45) is 0.755. The molecular formula is C14H17FN2O2. The van der Waals surface area contributed by atoms with Crippen LogP contribution in [0.4, 0.5) is 10.1 Å². The Hall–Kier alpha value is -1.91. The lowest BCUT2D eigenvalue weighted by molar-refractivity contribution is -0.119. The van der Waals surface area contributed by atoms with Crippen LogP contribution in [-0.4, -0.2) is 30.8 Å². The monoisotopic (exact) mass is 264 g/mol. The van der Waals surface area contributed by atoms with E-state index >= 15 is 0 Å². The van der Waals surface area contributed by atoms with Gasteiger partial charge < -0.3 is 10.2 Å². The van der Waals surface area contributed by atoms with E-state index in [4.69, 9.17) is 0 Å². The highest BCUT2D eigenvalue weighted by atomic mass is 19.1. The van der Waals surface area contributed by atoms with Gasteiger partial charge in [0.2, 0.25) is 5.91 Å². The Morgan fingerprint density at radius 3 is 2.74 bits per heavy atom. The molecule has 1 aromatic carbocycles. The first-order valence-electron chi connectivity index (χ1n) is 6.30. The maximum Gasteiger partial charge on any atom is 0.217 e.